The van der Waals surface area contributed by atoms with Crippen LogP contribution in [0.3, 0.4) is 0 Å². The van der Waals surface area contributed by atoms with Crippen LogP contribution in [0.2, 0.25) is 0 Å². The Labute approximate surface area is 115 Å². The summed E-state index contributed by atoms with van der Waals surface area (Å²) < 4.78 is 15.9. The maximum Gasteiger partial charge on any atom is 0.119 e. The van der Waals surface area contributed by atoms with Crippen molar-refractivity contribution in [1.82, 2.24) is 0 Å². The highest BCUT2D eigenvalue weighted by Crippen LogP contribution is 2.13. The highest BCUT2D eigenvalue weighted by molar-refractivity contribution is 5.27. The summed E-state index contributed by atoms with van der Waals surface area (Å²) in [7, 11) is 1.68. The van der Waals surface area contributed by atoms with E-state index in [1.807, 2.05) is 24.3 Å². The standard InChI is InChI=1S/C15H24O4/c1-13(16)12-14-4-6-15(7-5-14)19-11-10-18-9-3-8-17-2/h4-7,13,16H,3,8-12H2,1-2H3. The van der Waals surface area contributed by atoms with E-state index in [0.29, 0.717) is 26.2 Å². The normalized spacial score (nSPS) is 12.4. The van der Waals surface area contributed by atoms with E-state index in [1.165, 1.54) is 0 Å². The molecule has 1 unspecified atom stereocenters. The Bertz CT molecular complexity index is 321. The lowest BCUT2D eigenvalue weighted by atomic mass is 10.1. The first-order valence-corrected chi connectivity index (χ1v) is 6.69. The summed E-state index contributed by atoms with van der Waals surface area (Å²) >= 11 is 0. The van der Waals surface area contributed by atoms with Crippen molar-refractivity contribution in [3.63, 3.8) is 0 Å². The number of methoxy groups -OCH3 is 1. The topological polar surface area (TPSA) is 47.9 Å². The molecule has 1 aromatic carbocycles. The highest BCUT2D eigenvalue weighted by Gasteiger charge is 1.99. The summed E-state index contributed by atoms with van der Waals surface area (Å²) in [6.07, 6.45) is 1.26. The van der Waals surface area contributed by atoms with E-state index in [4.69, 9.17) is 14.2 Å². The van der Waals surface area contributed by atoms with Gasteiger partial charge < -0.3 is 19.3 Å². The van der Waals surface area contributed by atoms with E-state index < -0.39 is 0 Å². The molecule has 0 aliphatic rings. The van der Waals surface area contributed by atoms with Crippen molar-refractivity contribution in [2.75, 3.05) is 33.5 Å². The minimum Gasteiger partial charge on any atom is -0.491 e. The first-order valence-electron chi connectivity index (χ1n) is 6.69. The lowest BCUT2D eigenvalue weighted by Gasteiger charge is -2.08. The maximum atomic E-state index is 9.28. The lowest BCUT2D eigenvalue weighted by Crippen LogP contribution is -2.08. The van der Waals surface area contributed by atoms with Crippen molar-refractivity contribution in [3.8, 4) is 5.75 Å². The molecule has 0 radical (unpaired) electrons. The maximum absolute atomic E-state index is 9.28. The summed E-state index contributed by atoms with van der Waals surface area (Å²) in [4.78, 5) is 0. The molecule has 0 bridgehead atoms. The van der Waals surface area contributed by atoms with Gasteiger partial charge in [-0.05, 0) is 37.5 Å². The molecule has 4 nitrogen and oxygen atoms in total. The van der Waals surface area contributed by atoms with Crippen LogP contribution >= 0.6 is 0 Å². The van der Waals surface area contributed by atoms with Crippen molar-refractivity contribution in [2.45, 2.75) is 25.9 Å². The van der Waals surface area contributed by atoms with Crippen molar-refractivity contribution in [3.05, 3.63) is 29.8 Å². The summed E-state index contributed by atoms with van der Waals surface area (Å²) in [6, 6.07) is 7.79. The van der Waals surface area contributed by atoms with Crippen LogP contribution in [0.1, 0.15) is 18.9 Å². The van der Waals surface area contributed by atoms with E-state index in [1.54, 1.807) is 14.0 Å². The summed E-state index contributed by atoms with van der Waals surface area (Å²) in [6.45, 7) is 4.34. The van der Waals surface area contributed by atoms with Crippen LogP contribution in [0.5, 0.6) is 5.75 Å². The van der Waals surface area contributed by atoms with Gasteiger partial charge in [0.25, 0.3) is 0 Å². The first kappa shape index (κ1) is 16.0. The first-order chi connectivity index (χ1) is 9.22. The number of aliphatic hydroxyl groups excluding tert-OH is 1. The zero-order valence-electron chi connectivity index (χ0n) is 11.8. The van der Waals surface area contributed by atoms with Crippen LogP contribution in [0.15, 0.2) is 24.3 Å². The molecule has 0 aromatic heterocycles. The lowest BCUT2D eigenvalue weighted by molar-refractivity contribution is 0.0806. The number of hydrogen-bond acceptors (Lipinski definition) is 4. The summed E-state index contributed by atoms with van der Waals surface area (Å²) in [5.74, 6) is 0.829. The molecule has 108 valence electrons. The predicted molar refractivity (Wildman–Crippen MR) is 74.6 cm³/mol. The molecule has 1 rings (SSSR count). The van der Waals surface area contributed by atoms with Gasteiger partial charge in [-0.1, -0.05) is 12.1 Å². The van der Waals surface area contributed by atoms with Crippen LogP contribution in [0.25, 0.3) is 0 Å². The third-order valence-electron chi connectivity index (χ3n) is 2.59. The van der Waals surface area contributed by atoms with E-state index in [-0.39, 0.29) is 6.10 Å². The van der Waals surface area contributed by atoms with Gasteiger partial charge >= 0.3 is 0 Å². The number of hydrogen-bond donors (Lipinski definition) is 1. The fourth-order valence-corrected chi connectivity index (χ4v) is 1.69. The van der Waals surface area contributed by atoms with Gasteiger partial charge in [0.2, 0.25) is 0 Å². The minimum absolute atomic E-state index is 0.313. The number of ether oxygens (including phenoxy) is 3. The van der Waals surface area contributed by atoms with Crippen LogP contribution in [-0.4, -0.2) is 44.7 Å². The molecule has 0 amide bonds. The Morgan fingerprint density at radius 1 is 1.05 bits per heavy atom. The average molecular weight is 268 g/mol. The van der Waals surface area contributed by atoms with Gasteiger partial charge in [0, 0.05) is 20.3 Å². The zero-order chi connectivity index (χ0) is 13.9. The quantitative estimate of drug-likeness (QED) is 0.660. The van der Waals surface area contributed by atoms with Gasteiger partial charge in [-0.25, -0.2) is 0 Å². The third-order valence-corrected chi connectivity index (χ3v) is 2.59. The van der Waals surface area contributed by atoms with Gasteiger partial charge in [-0.3, -0.25) is 0 Å². The smallest absolute Gasteiger partial charge is 0.119 e. The Morgan fingerprint density at radius 2 is 1.79 bits per heavy atom. The second-order valence-electron chi connectivity index (χ2n) is 4.50. The molecule has 0 spiro atoms. The number of benzene rings is 1. The van der Waals surface area contributed by atoms with Gasteiger partial charge in [-0.2, -0.15) is 0 Å². The highest BCUT2D eigenvalue weighted by atomic mass is 16.5. The van der Waals surface area contributed by atoms with Gasteiger partial charge in [0.15, 0.2) is 0 Å². The summed E-state index contributed by atoms with van der Waals surface area (Å²) in [5, 5.41) is 9.28. The molecule has 4 heteroatoms. The zero-order valence-corrected chi connectivity index (χ0v) is 11.8. The van der Waals surface area contributed by atoms with E-state index in [9.17, 15) is 5.11 Å². The van der Waals surface area contributed by atoms with E-state index in [0.717, 1.165) is 24.3 Å². The molecule has 19 heavy (non-hydrogen) atoms. The van der Waals surface area contributed by atoms with E-state index in [2.05, 4.69) is 0 Å². The molecule has 0 saturated carbocycles. The number of rotatable bonds is 10. The Balaban J connectivity index is 2.12. The second-order valence-corrected chi connectivity index (χ2v) is 4.50. The van der Waals surface area contributed by atoms with Gasteiger partial charge in [0.1, 0.15) is 12.4 Å². The number of aliphatic hydroxyl groups is 1. The largest absolute Gasteiger partial charge is 0.491 e. The fourth-order valence-electron chi connectivity index (χ4n) is 1.69. The SMILES string of the molecule is COCCCOCCOc1ccc(CC(C)O)cc1. The second kappa shape index (κ2) is 9.78. The van der Waals surface area contributed by atoms with Gasteiger partial charge in [0.05, 0.1) is 12.7 Å². The van der Waals surface area contributed by atoms with Crippen LogP contribution < -0.4 is 4.74 Å². The predicted octanol–water partition coefficient (Wildman–Crippen LogP) is 2.04. The molecule has 1 atom stereocenters. The van der Waals surface area contributed by atoms with Crippen molar-refractivity contribution in [1.29, 1.82) is 0 Å². The Kier molecular flexibility index (Phi) is 8.21. The molecule has 0 heterocycles. The Morgan fingerprint density at radius 3 is 2.42 bits per heavy atom. The van der Waals surface area contributed by atoms with Crippen LogP contribution in [-0.2, 0) is 15.9 Å². The van der Waals surface area contributed by atoms with Crippen molar-refractivity contribution in [2.24, 2.45) is 0 Å². The molecular weight excluding hydrogens is 244 g/mol. The molecule has 1 N–H and O–H groups in total. The molecule has 1 aromatic rings. The molecular formula is C15H24O4. The van der Waals surface area contributed by atoms with Crippen molar-refractivity contribution >= 4 is 0 Å². The van der Waals surface area contributed by atoms with Gasteiger partial charge in [-0.15, -0.1) is 0 Å². The monoisotopic (exact) mass is 268 g/mol. The van der Waals surface area contributed by atoms with Crippen LogP contribution in [0.4, 0.5) is 0 Å². The minimum atomic E-state index is -0.313. The molecule has 0 aliphatic carbocycles. The molecule has 0 saturated heterocycles. The summed E-state index contributed by atoms with van der Waals surface area (Å²) in [5.41, 5.74) is 1.11. The fraction of sp³-hybridized carbons (Fsp3) is 0.600. The molecule has 0 aliphatic heterocycles. The van der Waals surface area contributed by atoms with Crippen molar-refractivity contribution < 1.29 is 19.3 Å². The Hall–Kier alpha value is -1.10. The average Bonchev–Trinajstić information content (AvgIpc) is 2.39. The third kappa shape index (κ3) is 7.82. The van der Waals surface area contributed by atoms with Crippen LogP contribution in [0, 0.1) is 0 Å². The molecule has 0 fully saturated rings. The van der Waals surface area contributed by atoms with E-state index >= 15 is 0 Å².